The SMILES string of the molecule is CN1C(=N)NC2C(c3cc(NC(=O)c4ccc(F)cn4)ccc3F)CC(=O)CC2S1(=O)=O. The highest BCUT2D eigenvalue weighted by molar-refractivity contribution is 7.90. The average molecular weight is 463 g/mol. The zero-order valence-electron chi connectivity index (χ0n) is 16.8. The highest BCUT2D eigenvalue weighted by atomic mass is 32.2. The molecule has 9 nitrogen and oxygen atoms in total. The average Bonchev–Trinajstić information content (AvgIpc) is 2.74. The Bertz CT molecular complexity index is 1220. The van der Waals surface area contributed by atoms with Crippen LogP contribution in [-0.2, 0) is 14.8 Å². The summed E-state index contributed by atoms with van der Waals surface area (Å²) in [5.74, 6) is -3.50. The molecule has 2 aliphatic rings. The zero-order chi connectivity index (χ0) is 23.2. The van der Waals surface area contributed by atoms with E-state index in [-0.39, 0.29) is 41.5 Å². The van der Waals surface area contributed by atoms with E-state index in [0.29, 0.717) is 0 Å². The first-order valence-electron chi connectivity index (χ1n) is 9.65. The highest BCUT2D eigenvalue weighted by Crippen LogP contribution is 2.39. The fourth-order valence-corrected chi connectivity index (χ4v) is 5.78. The number of fused-ring (bicyclic) bond motifs is 1. The van der Waals surface area contributed by atoms with Crippen LogP contribution in [0.5, 0.6) is 0 Å². The summed E-state index contributed by atoms with van der Waals surface area (Å²) < 4.78 is 54.1. The van der Waals surface area contributed by atoms with E-state index in [1.807, 2.05) is 0 Å². The molecule has 3 atom stereocenters. The van der Waals surface area contributed by atoms with Crippen molar-refractivity contribution in [1.82, 2.24) is 14.6 Å². The Balaban J connectivity index is 1.66. The second-order valence-corrected chi connectivity index (χ2v) is 9.86. The molecule has 1 aliphatic carbocycles. The lowest BCUT2D eigenvalue weighted by atomic mass is 9.78. The van der Waals surface area contributed by atoms with E-state index in [9.17, 15) is 26.8 Å². The van der Waals surface area contributed by atoms with Gasteiger partial charge in [-0.15, -0.1) is 0 Å². The van der Waals surface area contributed by atoms with Crippen molar-refractivity contribution in [3.8, 4) is 0 Å². The summed E-state index contributed by atoms with van der Waals surface area (Å²) in [6.45, 7) is 0. The number of aromatic nitrogens is 1. The molecule has 1 saturated carbocycles. The molecule has 3 N–H and O–H groups in total. The fourth-order valence-electron chi connectivity index (χ4n) is 4.04. The molecule has 0 bridgehead atoms. The van der Waals surface area contributed by atoms with Gasteiger partial charge in [-0.3, -0.25) is 15.0 Å². The number of carbonyl (C=O) groups is 2. The number of amides is 1. The van der Waals surface area contributed by atoms with Crippen LogP contribution in [-0.4, -0.2) is 53.7 Å². The number of sulfonamides is 1. The normalized spacial score (nSPS) is 24.5. The quantitative estimate of drug-likeness (QED) is 0.633. The molecule has 4 rings (SSSR count). The van der Waals surface area contributed by atoms with Gasteiger partial charge in [0.1, 0.15) is 28.4 Å². The van der Waals surface area contributed by atoms with E-state index >= 15 is 0 Å². The molecule has 0 radical (unpaired) electrons. The first-order chi connectivity index (χ1) is 15.1. The minimum atomic E-state index is -3.97. The molecule has 168 valence electrons. The van der Waals surface area contributed by atoms with E-state index in [2.05, 4.69) is 15.6 Å². The number of benzene rings is 1. The van der Waals surface area contributed by atoms with Crippen molar-refractivity contribution < 1.29 is 26.8 Å². The Labute approximate surface area is 182 Å². The minimum Gasteiger partial charge on any atom is -0.351 e. The summed E-state index contributed by atoms with van der Waals surface area (Å²) in [6, 6.07) is 5.12. The first kappa shape index (κ1) is 21.8. The number of hydrogen-bond donors (Lipinski definition) is 3. The van der Waals surface area contributed by atoms with Gasteiger partial charge in [0.25, 0.3) is 5.91 Å². The van der Waals surface area contributed by atoms with Gasteiger partial charge in [-0.1, -0.05) is 0 Å². The maximum atomic E-state index is 14.8. The maximum Gasteiger partial charge on any atom is 0.274 e. The highest BCUT2D eigenvalue weighted by Gasteiger charge is 2.50. The van der Waals surface area contributed by atoms with Crippen LogP contribution in [0.15, 0.2) is 36.5 Å². The summed E-state index contributed by atoms with van der Waals surface area (Å²) >= 11 is 0. The van der Waals surface area contributed by atoms with Gasteiger partial charge in [0.05, 0.1) is 12.2 Å². The van der Waals surface area contributed by atoms with Gasteiger partial charge < -0.3 is 10.6 Å². The molecule has 1 aromatic carbocycles. The van der Waals surface area contributed by atoms with Crippen molar-refractivity contribution in [1.29, 1.82) is 5.41 Å². The number of hydrogen-bond acceptors (Lipinski definition) is 6. The van der Waals surface area contributed by atoms with Gasteiger partial charge in [0.15, 0.2) is 0 Å². The summed E-state index contributed by atoms with van der Waals surface area (Å²) in [6.07, 6.45) is 0.539. The number of Topliss-reactive ketones (excluding diaryl/α,β-unsaturated/α-hetero) is 1. The Morgan fingerprint density at radius 2 is 2.00 bits per heavy atom. The standard InChI is InChI=1S/C20H19F2N5O4S/c1-27-20(23)26-18-14(7-12(28)8-17(18)32(27,30)31)13-6-11(3-4-15(13)22)25-19(29)16-5-2-10(21)9-24-16/h2-6,9,14,17-18H,7-8H2,1H3,(H2,23,26)(H,25,29). The van der Waals surface area contributed by atoms with Gasteiger partial charge >= 0.3 is 0 Å². The summed E-state index contributed by atoms with van der Waals surface area (Å²) in [5.41, 5.74) is 0.178. The lowest BCUT2D eigenvalue weighted by Crippen LogP contribution is -2.65. The van der Waals surface area contributed by atoms with Crippen molar-refractivity contribution >= 4 is 33.4 Å². The number of rotatable bonds is 3. The molecule has 1 saturated heterocycles. The second kappa shape index (κ2) is 7.93. The predicted octanol–water partition coefficient (Wildman–Crippen LogP) is 1.60. The summed E-state index contributed by atoms with van der Waals surface area (Å²) in [4.78, 5) is 28.4. The smallest absolute Gasteiger partial charge is 0.274 e. The largest absolute Gasteiger partial charge is 0.351 e. The van der Waals surface area contributed by atoms with Crippen molar-refractivity contribution in [2.45, 2.75) is 30.1 Å². The van der Waals surface area contributed by atoms with Crippen LogP contribution < -0.4 is 10.6 Å². The number of ketones is 1. The van der Waals surface area contributed by atoms with Gasteiger partial charge in [0.2, 0.25) is 16.0 Å². The van der Waals surface area contributed by atoms with Crippen molar-refractivity contribution in [3.05, 3.63) is 59.4 Å². The molecule has 12 heteroatoms. The molecule has 1 aromatic heterocycles. The van der Waals surface area contributed by atoms with Crippen LogP contribution in [0.3, 0.4) is 0 Å². The number of anilines is 1. The number of halogens is 2. The van der Waals surface area contributed by atoms with Gasteiger partial charge in [0, 0.05) is 31.5 Å². The van der Waals surface area contributed by atoms with Crippen molar-refractivity contribution in [2.24, 2.45) is 0 Å². The van der Waals surface area contributed by atoms with Crippen molar-refractivity contribution in [3.63, 3.8) is 0 Å². The topological polar surface area (TPSA) is 132 Å². The number of pyridine rings is 1. The van der Waals surface area contributed by atoms with Crippen LogP contribution >= 0.6 is 0 Å². The van der Waals surface area contributed by atoms with Crippen LogP contribution in [0, 0.1) is 17.0 Å². The first-order valence-corrected chi connectivity index (χ1v) is 11.1. The van der Waals surface area contributed by atoms with Crippen LogP contribution in [0.1, 0.15) is 34.8 Å². The fraction of sp³-hybridized carbons (Fsp3) is 0.300. The second-order valence-electron chi connectivity index (χ2n) is 7.68. The van der Waals surface area contributed by atoms with Gasteiger partial charge in [-0.05, 0) is 35.9 Å². The lowest BCUT2D eigenvalue weighted by Gasteiger charge is -2.44. The third kappa shape index (κ3) is 3.81. The summed E-state index contributed by atoms with van der Waals surface area (Å²) in [7, 11) is -2.76. The zero-order valence-corrected chi connectivity index (χ0v) is 17.6. The Kier molecular flexibility index (Phi) is 5.41. The van der Waals surface area contributed by atoms with Crippen molar-refractivity contribution in [2.75, 3.05) is 12.4 Å². The van der Waals surface area contributed by atoms with E-state index in [1.54, 1.807) is 0 Å². The molecule has 3 unspecified atom stereocenters. The molecule has 2 heterocycles. The minimum absolute atomic E-state index is 0.0398. The Morgan fingerprint density at radius 3 is 2.69 bits per heavy atom. The van der Waals surface area contributed by atoms with E-state index in [0.717, 1.165) is 22.6 Å². The number of nitrogens with one attached hydrogen (secondary N) is 3. The maximum absolute atomic E-state index is 14.8. The molecule has 1 aliphatic heterocycles. The van der Waals surface area contributed by atoms with Crippen LogP contribution in [0.4, 0.5) is 14.5 Å². The molecule has 0 spiro atoms. The van der Waals surface area contributed by atoms with Gasteiger partial charge in [-0.2, -0.15) is 0 Å². The number of guanidine groups is 1. The molecular weight excluding hydrogens is 444 g/mol. The monoisotopic (exact) mass is 463 g/mol. The Hall–Kier alpha value is -3.41. The molecule has 32 heavy (non-hydrogen) atoms. The van der Waals surface area contributed by atoms with E-state index in [4.69, 9.17) is 5.41 Å². The molecule has 2 fully saturated rings. The van der Waals surface area contributed by atoms with E-state index in [1.165, 1.54) is 25.2 Å². The lowest BCUT2D eigenvalue weighted by molar-refractivity contribution is -0.121. The molecular formula is C20H19F2N5O4S. The molecule has 1 amide bonds. The number of carbonyl (C=O) groups excluding carboxylic acids is 2. The Morgan fingerprint density at radius 1 is 1.25 bits per heavy atom. The van der Waals surface area contributed by atoms with Crippen LogP contribution in [0.25, 0.3) is 0 Å². The molecule has 2 aromatic rings. The predicted molar refractivity (Wildman–Crippen MR) is 111 cm³/mol. The summed E-state index contributed by atoms with van der Waals surface area (Å²) in [5, 5.41) is 12.1. The number of nitrogens with zero attached hydrogens (tertiary/aromatic N) is 2. The third-order valence-corrected chi connectivity index (χ3v) is 7.88. The van der Waals surface area contributed by atoms with Crippen LogP contribution in [0.2, 0.25) is 0 Å². The van der Waals surface area contributed by atoms with Gasteiger partial charge in [-0.25, -0.2) is 26.5 Å². The third-order valence-electron chi connectivity index (χ3n) is 5.71. The van der Waals surface area contributed by atoms with E-state index < -0.39 is 44.8 Å².